The first-order valence-electron chi connectivity index (χ1n) is 5.85. The van der Waals surface area contributed by atoms with E-state index in [4.69, 9.17) is 17.3 Å². The van der Waals surface area contributed by atoms with Gasteiger partial charge in [0, 0.05) is 15.7 Å². The highest BCUT2D eigenvalue weighted by molar-refractivity contribution is 9.10. The highest BCUT2D eigenvalue weighted by Crippen LogP contribution is 2.30. The molecule has 3 aromatic rings. The Bertz CT molecular complexity index is 820. The van der Waals surface area contributed by atoms with Crippen LogP contribution in [0.2, 0.25) is 5.02 Å². The molecule has 0 spiro atoms. The molecule has 0 bridgehead atoms. The number of nitrogen functional groups attached to an aromatic ring is 1. The Labute approximate surface area is 132 Å². The topological polar surface area (TPSA) is 69.6 Å². The van der Waals surface area contributed by atoms with Crippen LogP contribution in [-0.4, -0.2) is 20.2 Å². The smallest absolute Gasteiger partial charge is 0.188 e. The largest absolute Gasteiger partial charge is 0.399 e. The Balaban J connectivity index is 2.19. The summed E-state index contributed by atoms with van der Waals surface area (Å²) in [6.07, 6.45) is 0. The fourth-order valence-electron chi connectivity index (χ4n) is 1.88. The molecule has 2 aromatic carbocycles. The van der Waals surface area contributed by atoms with E-state index < -0.39 is 5.82 Å². The number of nitrogens with zero attached hydrogens (tertiary/aromatic N) is 4. The van der Waals surface area contributed by atoms with Crippen LogP contribution in [0.25, 0.3) is 17.1 Å². The summed E-state index contributed by atoms with van der Waals surface area (Å²) in [7, 11) is 0. The van der Waals surface area contributed by atoms with Crippen LogP contribution in [0.4, 0.5) is 10.1 Å². The molecule has 0 unspecified atom stereocenters. The molecule has 1 heterocycles. The number of hydrogen-bond acceptors (Lipinski definition) is 4. The molecule has 0 atom stereocenters. The summed E-state index contributed by atoms with van der Waals surface area (Å²) >= 11 is 9.46. The van der Waals surface area contributed by atoms with Crippen LogP contribution in [0.3, 0.4) is 0 Å². The lowest BCUT2D eigenvalue weighted by molar-refractivity contribution is 0.607. The van der Waals surface area contributed by atoms with Gasteiger partial charge in [0.1, 0.15) is 11.5 Å². The molecule has 0 amide bonds. The standard InChI is InChI=1S/C13H8BrClFN5/c14-7-1-4-11(16)12(5-7)21-13(18-19-20-21)9-3-2-8(17)6-10(9)15/h1-6H,17H2. The van der Waals surface area contributed by atoms with E-state index >= 15 is 0 Å². The number of tetrazole rings is 1. The van der Waals surface area contributed by atoms with Crippen molar-refractivity contribution < 1.29 is 4.39 Å². The lowest BCUT2D eigenvalue weighted by Crippen LogP contribution is -2.03. The Hall–Kier alpha value is -1.99. The second kappa shape index (κ2) is 5.42. The third kappa shape index (κ3) is 2.62. The molecular weight excluding hydrogens is 361 g/mol. The fourth-order valence-corrected chi connectivity index (χ4v) is 2.50. The van der Waals surface area contributed by atoms with E-state index in [0.717, 1.165) is 0 Å². The van der Waals surface area contributed by atoms with Crippen molar-refractivity contribution >= 4 is 33.2 Å². The van der Waals surface area contributed by atoms with Crippen LogP contribution in [-0.2, 0) is 0 Å². The average molecular weight is 369 g/mol. The maximum atomic E-state index is 14.0. The Morgan fingerprint density at radius 3 is 2.76 bits per heavy atom. The lowest BCUT2D eigenvalue weighted by atomic mass is 10.2. The minimum absolute atomic E-state index is 0.220. The van der Waals surface area contributed by atoms with Gasteiger partial charge in [-0.1, -0.05) is 27.5 Å². The van der Waals surface area contributed by atoms with Gasteiger partial charge in [0.05, 0.1) is 5.02 Å². The molecule has 21 heavy (non-hydrogen) atoms. The van der Waals surface area contributed by atoms with Crippen LogP contribution in [0.15, 0.2) is 40.9 Å². The normalized spacial score (nSPS) is 10.8. The SMILES string of the molecule is Nc1ccc(-c2nnnn2-c2cc(Br)ccc2F)c(Cl)c1. The zero-order chi connectivity index (χ0) is 15.0. The molecule has 0 saturated carbocycles. The van der Waals surface area contributed by atoms with E-state index in [9.17, 15) is 4.39 Å². The molecule has 3 rings (SSSR count). The van der Waals surface area contributed by atoms with Crippen LogP contribution in [0.1, 0.15) is 0 Å². The summed E-state index contributed by atoms with van der Waals surface area (Å²) in [4.78, 5) is 0. The molecule has 0 aliphatic rings. The molecule has 0 aliphatic heterocycles. The van der Waals surface area contributed by atoms with Gasteiger partial charge in [0.2, 0.25) is 0 Å². The van der Waals surface area contributed by atoms with Crippen molar-refractivity contribution in [2.45, 2.75) is 0 Å². The number of anilines is 1. The van der Waals surface area contributed by atoms with Crippen LogP contribution < -0.4 is 5.73 Å². The molecule has 0 radical (unpaired) electrons. The van der Waals surface area contributed by atoms with Crippen molar-refractivity contribution in [1.29, 1.82) is 0 Å². The van der Waals surface area contributed by atoms with Gasteiger partial charge in [0.15, 0.2) is 5.82 Å². The first-order chi connectivity index (χ1) is 10.1. The quantitative estimate of drug-likeness (QED) is 0.703. The summed E-state index contributed by atoms with van der Waals surface area (Å²) in [5, 5.41) is 11.7. The number of benzene rings is 2. The third-order valence-corrected chi connectivity index (χ3v) is 3.65. The summed E-state index contributed by atoms with van der Waals surface area (Å²) in [5.41, 5.74) is 6.97. The maximum absolute atomic E-state index is 14.0. The van der Waals surface area contributed by atoms with Gasteiger partial charge in [-0.25, -0.2) is 4.39 Å². The predicted molar refractivity (Wildman–Crippen MR) is 81.7 cm³/mol. The van der Waals surface area contributed by atoms with E-state index in [2.05, 4.69) is 31.5 Å². The zero-order valence-corrected chi connectivity index (χ0v) is 12.8. The summed E-state index contributed by atoms with van der Waals surface area (Å²) < 4.78 is 16.0. The minimum atomic E-state index is -0.446. The molecule has 0 saturated heterocycles. The summed E-state index contributed by atoms with van der Waals surface area (Å²) in [6.45, 7) is 0. The monoisotopic (exact) mass is 367 g/mol. The van der Waals surface area contributed by atoms with Gasteiger partial charge >= 0.3 is 0 Å². The first kappa shape index (κ1) is 14.0. The Morgan fingerprint density at radius 2 is 2.00 bits per heavy atom. The number of halogens is 3. The maximum Gasteiger partial charge on any atom is 0.188 e. The number of aromatic nitrogens is 4. The van der Waals surface area contributed by atoms with Crippen LogP contribution in [0.5, 0.6) is 0 Å². The molecule has 0 fully saturated rings. The molecule has 8 heteroatoms. The number of rotatable bonds is 2. The van der Waals surface area contributed by atoms with E-state index in [-0.39, 0.29) is 5.69 Å². The van der Waals surface area contributed by atoms with Gasteiger partial charge in [-0.3, -0.25) is 0 Å². The third-order valence-electron chi connectivity index (χ3n) is 2.84. The van der Waals surface area contributed by atoms with Gasteiger partial charge in [-0.15, -0.1) is 5.10 Å². The van der Waals surface area contributed by atoms with Crippen molar-refractivity contribution in [3.63, 3.8) is 0 Å². The van der Waals surface area contributed by atoms with Crippen molar-refractivity contribution in [3.05, 3.63) is 51.7 Å². The van der Waals surface area contributed by atoms with Crippen molar-refractivity contribution in [2.24, 2.45) is 0 Å². The Morgan fingerprint density at radius 1 is 1.19 bits per heavy atom. The number of nitrogens with two attached hydrogens (primary N) is 1. The molecule has 0 aliphatic carbocycles. The van der Waals surface area contributed by atoms with Gasteiger partial charge < -0.3 is 5.73 Å². The van der Waals surface area contributed by atoms with E-state index in [1.54, 1.807) is 30.3 Å². The fraction of sp³-hybridized carbons (Fsp3) is 0. The van der Waals surface area contributed by atoms with Gasteiger partial charge in [-0.05, 0) is 46.8 Å². The van der Waals surface area contributed by atoms with Crippen LogP contribution in [0, 0.1) is 5.82 Å². The second-order valence-corrected chi connectivity index (χ2v) is 5.57. The molecule has 5 nitrogen and oxygen atoms in total. The molecular formula is C13H8BrClFN5. The first-order valence-corrected chi connectivity index (χ1v) is 7.02. The lowest BCUT2D eigenvalue weighted by Gasteiger charge is -2.08. The molecule has 1 aromatic heterocycles. The minimum Gasteiger partial charge on any atom is -0.399 e. The summed E-state index contributed by atoms with van der Waals surface area (Å²) in [6, 6.07) is 9.47. The van der Waals surface area contributed by atoms with Crippen molar-refractivity contribution in [1.82, 2.24) is 20.2 Å². The Kier molecular flexibility index (Phi) is 3.60. The second-order valence-electron chi connectivity index (χ2n) is 4.25. The highest BCUT2D eigenvalue weighted by atomic mass is 79.9. The highest BCUT2D eigenvalue weighted by Gasteiger charge is 2.16. The van der Waals surface area contributed by atoms with E-state index in [1.807, 2.05) is 0 Å². The number of hydrogen-bond donors (Lipinski definition) is 1. The van der Waals surface area contributed by atoms with Gasteiger partial charge in [-0.2, -0.15) is 4.68 Å². The average Bonchev–Trinajstić information content (AvgIpc) is 2.90. The molecule has 106 valence electrons. The van der Waals surface area contributed by atoms with E-state index in [1.165, 1.54) is 10.7 Å². The zero-order valence-electron chi connectivity index (χ0n) is 10.5. The summed E-state index contributed by atoms with van der Waals surface area (Å²) in [5.74, 6) is -0.115. The van der Waals surface area contributed by atoms with Crippen molar-refractivity contribution in [3.8, 4) is 17.1 Å². The van der Waals surface area contributed by atoms with Crippen LogP contribution >= 0.6 is 27.5 Å². The van der Waals surface area contributed by atoms with E-state index in [0.29, 0.717) is 26.6 Å². The van der Waals surface area contributed by atoms with Crippen molar-refractivity contribution in [2.75, 3.05) is 5.73 Å². The predicted octanol–water partition coefficient (Wildman–Crippen LogP) is 3.47. The van der Waals surface area contributed by atoms with Gasteiger partial charge in [0.25, 0.3) is 0 Å². The molecule has 2 N–H and O–H groups in total.